The fraction of sp³-hybridized carbons (Fsp3) is 0.400. The van der Waals surface area contributed by atoms with Crippen molar-refractivity contribution in [2.24, 2.45) is 11.5 Å². The first-order valence-corrected chi connectivity index (χ1v) is 4.35. The SMILES string of the molecule is Cc1cccc(C(N)C(O)CN)c1. The maximum atomic E-state index is 9.42. The van der Waals surface area contributed by atoms with Crippen LogP contribution in [0.1, 0.15) is 17.2 Å². The Bertz CT molecular complexity index is 275. The predicted molar refractivity (Wildman–Crippen MR) is 53.2 cm³/mol. The number of hydrogen-bond acceptors (Lipinski definition) is 3. The van der Waals surface area contributed by atoms with Gasteiger partial charge in [0, 0.05) is 6.54 Å². The van der Waals surface area contributed by atoms with Gasteiger partial charge in [-0.3, -0.25) is 0 Å². The summed E-state index contributed by atoms with van der Waals surface area (Å²) in [6.07, 6.45) is -0.665. The van der Waals surface area contributed by atoms with Crippen molar-refractivity contribution in [3.05, 3.63) is 35.4 Å². The molecule has 1 rings (SSSR count). The van der Waals surface area contributed by atoms with Gasteiger partial charge in [0.15, 0.2) is 0 Å². The van der Waals surface area contributed by atoms with E-state index in [9.17, 15) is 5.11 Å². The second kappa shape index (κ2) is 4.37. The fourth-order valence-electron chi connectivity index (χ4n) is 1.25. The number of aliphatic hydroxyl groups excluding tert-OH is 1. The van der Waals surface area contributed by atoms with Crippen molar-refractivity contribution < 1.29 is 5.11 Å². The minimum absolute atomic E-state index is 0.190. The van der Waals surface area contributed by atoms with Crippen LogP contribution in [0.2, 0.25) is 0 Å². The second-order valence-corrected chi connectivity index (χ2v) is 3.24. The molecule has 0 spiro atoms. The van der Waals surface area contributed by atoms with Crippen molar-refractivity contribution in [2.45, 2.75) is 19.1 Å². The van der Waals surface area contributed by atoms with Gasteiger partial charge in [-0.1, -0.05) is 29.8 Å². The summed E-state index contributed by atoms with van der Waals surface area (Å²) < 4.78 is 0. The Hall–Kier alpha value is -0.900. The largest absolute Gasteiger partial charge is 0.390 e. The molecule has 0 aliphatic carbocycles. The van der Waals surface area contributed by atoms with E-state index in [1.165, 1.54) is 0 Å². The molecule has 0 amide bonds. The van der Waals surface area contributed by atoms with Crippen molar-refractivity contribution in [3.8, 4) is 0 Å². The lowest BCUT2D eigenvalue weighted by Gasteiger charge is -2.17. The number of hydrogen-bond donors (Lipinski definition) is 3. The highest BCUT2D eigenvalue weighted by atomic mass is 16.3. The van der Waals surface area contributed by atoms with Gasteiger partial charge in [-0.15, -0.1) is 0 Å². The van der Waals surface area contributed by atoms with Crippen LogP contribution in [0.4, 0.5) is 0 Å². The molecule has 1 aromatic rings. The average Bonchev–Trinajstić information content (AvgIpc) is 2.15. The zero-order valence-corrected chi connectivity index (χ0v) is 7.77. The van der Waals surface area contributed by atoms with Crippen LogP contribution in [0.5, 0.6) is 0 Å². The van der Waals surface area contributed by atoms with E-state index in [0.717, 1.165) is 11.1 Å². The van der Waals surface area contributed by atoms with E-state index in [4.69, 9.17) is 11.5 Å². The van der Waals surface area contributed by atoms with Crippen molar-refractivity contribution in [3.63, 3.8) is 0 Å². The van der Waals surface area contributed by atoms with Gasteiger partial charge in [0.25, 0.3) is 0 Å². The van der Waals surface area contributed by atoms with Crippen LogP contribution < -0.4 is 11.5 Å². The highest BCUT2D eigenvalue weighted by Gasteiger charge is 2.14. The van der Waals surface area contributed by atoms with Gasteiger partial charge in [0.1, 0.15) is 0 Å². The molecule has 5 N–H and O–H groups in total. The number of benzene rings is 1. The minimum Gasteiger partial charge on any atom is -0.390 e. The lowest BCUT2D eigenvalue weighted by molar-refractivity contribution is 0.153. The zero-order chi connectivity index (χ0) is 9.84. The molecule has 0 aliphatic heterocycles. The third kappa shape index (κ3) is 2.52. The first kappa shape index (κ1) is 10.2. The van der Waals surface area contributed by atoms with E-state index in [-0.39, 0.29) is 12.6 Å². The molecule has 72 valence electrons. The molecule has 0 saturated carbocycles. The van der Waals surface area contributed by atoms with Gasteiger partial charge in [-0.2, -0.15) is 0 Å². The fourth-order valence-corrected chi connectivity index (χ4v) is 1.25. The molecule has 3 nitrogen and oxygen atoms in total. The van der Waals surface area contributed by atoms with Crippen molar-refractivity contribution in [1.29, 1.82) is 0 Å². The molecule has 0 aliphatic rings. The quantitative estimate of drug-likeness (QED) is 0.627. The Morgan fingerprint density at radius 1 is 1.46 bits per heavy atom. The summed E-state index contributed by atoms with van der Waals surface area (Å²) in [7, 11) is 0. The predicted octanol–water partition coefficient (Wildman–Crippen LogP) is 0.314. The third-order valence-electron chi connectivity index (χ3n) is 2.08. The van der Waals surface area contributed by atoms with Gasteiger partial charge in [-0.25, -0.2) is 0 Å². The molecule has 0 fully saturated rings. The average molecular weight is 180 g/mol. The topological polar surface area (TPSA) is 72.3 Å². The molecule has 2 unspecified atom stereocenters. The van der Waals surface area contributed by atoms with Gasteiger partial charge in [0.05, 0.1) is 12.1 Å². The zero-order valence-electron chi connectivity index (χ0n) is 7.77. The number of nitrogens with two attached hydrogens (primary N) is 2. The summed E-state index contributed by atoms with van der Waals surface area (Å²) in [4.78, 5) is 0. The van der Waals surface area contributed by atoms with Gasteiger partial charge in [0.2, 0.25) is 0 Å². The van der Waals surface area contributed by atoms with Crippen LogP contribution in [0.25, 0.3) is 0 Å². The molecule has 0 aromatic heterocycles. The standard InChI is InChI=1S/C10H16N2O/c1-7-3-2-4-8(5-7)10(12)9(13)6-11/h2-5,9-10,13H,6,11-12H2,1H3. The van der Waals surface area contributed by atoms with Gasteiger partial charge in [-0.05, 0) is 12.5 Å². The van der Waals surface area contributed by atoms with E-state index in [1.807, 2.05) is 31.2 Å². The number of aliphatic hydroxyl groups is 1. The summed E-state index contributed by atoms with van der Waals surface area (Å²) in [5.41, 5.74) is 13.2. The summed E-state index contributed by atoms with van der Waals surface area (Å²) >= 11 is 0. The maximum absolute atomic E-state index is 9.42. The molecular formula is C10H16N2O. The van der Waals surface area contributed by atoms with Gasteiger partial charge < -0.3 is 16.6 Å². The van der Waals surface area contributed by atoms with Crippen LogP contribution >= 0.6 is 0 Å². The first-order valence-electron chi connectivity index (χ1n) is 4.35. The Morgan fingerprint density at radius 2 is 2.15 bits per heavy atom. The second-order valence-electron chi connectivity index (χ2n) is 3.24. The van der Waals surface area contributed by atoms with Crippen molar-refractivity contribution in [2.75, 3.05) is 6.54 Å². The first-order chi connectivity index (χ1) is 6.15. The lowest BCUT2D eigenvalue weighted by Crippen LogP contribution is -2.32. The highest BCUT2D eigenvalue weighted by molar-refractivity contribution is 5.25. The van der Waals surface area contributed by atoms with E-state index >= 15 is 0 Å². The van der Waals surface area contributed by atoms with E-state index in [0.29, 0.717) is 0 Å². The molecule has 0 bridgehead atoms. The smallest absolute Gasteiger partial charge is 0.0854 e. The molecule has 3 heteroatoms. The summed E-state index contributed by atoms with van der Waals surface area (Å²) in [6, 6.07) is 7.39. The van der Waals surface area contributed by atoms with Crippen LogP contribution in [0, 0.1) is 6.92 Å². The van der Waals surface area contributed by atoms with Crippen molar-refractivity contribution >= 4 is 0 Å². The monoisotopic (exact) mass is 180 g/mol. The Kier molecular flexibility index (Phi) is 3.42. The Labute approximate surface area is 78.4 Å². The summed E-state index contributed by atoms with van der Waals surface area (Å²) in [5, 5.41) is 9.42. The van der Waals surface area contributed by atoms with Crippen LogP contribution in [0.3, 0.4) is 0 Å². The lowest BCUT2D eigenvalue weighted by atomic mass is 10.0. The van der Waals surface area contributed by atoms with Gasteiger partial charge >= 0.3 is 0 Å². The molecule has 1 aromatic carbocycles. The molecule has 13 heavy (non-hydrogen) atoms. The van der Waals surface area contributed by atoms with E-state index in [1.54, 1.807) is 0 Å². The van der Waals surface area contributed by atoms with E-state index < -0.39 is 6.10 Å². The highest BCUT2D eigenvalue weighted by Crippen LogP contribution is 2.14. The Balaban J connectivity index is 2.82. The normalized spacial score (nSPS) is 15.4. The molecule has 0 heterocycles. The maximum Gasteiger partial charge on any atom is 0.0854 e. The van der Waals surface area contributed by atoms with Crippen LogP contribution in [-0.2, 0) is 0 Å². The number of rotatable bonds is 3. The number of aryl methyl sites for hydroxylation is 1. The summed E-state index contributed by atoms with van der Waals surface area (Å²) in [5.74, 6) is 0. The summed E-state index contributed by atoms with van der Waals surface area (Å²) in [6.45, 7) is 2.18. The van der Waals surface area contributed by atoms with Crippen LogP contribution in [0.15, 0.2) is 24.3 Å². The Morgan fingerprint density at radius 3 is 2.69 bits per heavy atom. The van der Waals surface area contributed by atoms with Crippen molar-refractivity contribution in [1.82, 2.24) is 0 Å². The molecule has 0 saturated heterocycles. The molecule has 0 radical (unpaired) electrons. The molecule has 2 atom stereocenters. The minimum atomic E-state index is -0.665. The van der Waals surface area contributed by atoms with Crippen LogP contribution in [-0.4, -0.2) is 17.8 Å². The molecular weight excluding hydrogens is 164 g/mol. The third-order valence-corrected chi connectivity index (χ3v) is 2.08. The van der Waals surface area contributed by atoms with E-state index in [2.05, 4.69) is 0 Å².